The summed E-state index contributed by atoms with van der Waals surface area (Å²) in [6.07, 6.45) is 0. The summed E-state index contributed by atoms with van der Waals surface area (Å²) in [6, 6.07) is 18.6. The molecule has 0 bridgehead atoms. The topological polar surface area (TPSA) is 123 Å². The van der Waals surface area contributed by atoms with E-state index in [2.05, 4.69) is 0 Å². The number of nitrogens with two attached hydrogens (primary N) is 2. The maximum atomic E-state index is 14.2. The maximum Gasteiger partial charge on any atom is 0.294 e. The average molecular weight is 388 g/mol. The minimum absolute atomic E-state index is 0.280. The van der Waals surface area contributed by atoms with Crippen LogP contribution in [-0.2, 0) is 14.7 Å². The van der Waals surface area contributed by atoms with Gasteiger partial charge in [-0.1, -0.05) is 12.1 Å². The van der Waals surface area contributed by atoms with Gasteiger partial charge in [0.2, 0.25) is 0 Å². The quantitative estimate of drug-likeness (QED) is 0.355. The number of hydrogen-bond acceptors (Lipinski definition) is 5. The number of nitrogen functional groups attached to an aromatic ring is 2. The van der Waals surface area contributed by atoms with Gasteiger partial charge in [0.05, 0.1) is 4.90 Å². The Labute approximate surface area is 151 Å². The summed E-state index contributed by atoms with van der Waals surface area (Å²) >= 11 is 0. The fourth-order valence-corrected chi connectivity index (χ4v) is 5.92. The molecule has 134 valence electrons. The lowest BCUT2D eigenvalue weighted by atomic mass is 10.3. The van der Waals surface area contributed by atoms with Crippen LogP contribution in [0.4, 0.5) is 11.4 Å². The highest BCUT2D eigenvalue weighted by Crippen LogP contribution is 2.43. The fourth-order valence-electron chi connectivity index (χ4n) is 2.66. The van der Waals surface area contributed by atoms with Crippen LogP contribution >= 0.6 is 7.14 Å². The van der Waals surface area contributed by atoms with Crippen LogP contribution < -0.4 is 27.4 Å². The molecule has 0 saturated heterocycles. The van der Waals surface area contributed by atoms with Gasteiger partial charge < -0.3 is 16.0 Å². The Kier molecular flexibility index (Phi) is 4.63. The van der Waals surface area contributed by atoms with Crippen LogP contribution in [0.1, 0.15) is 0 Å². The third-order valence-corrected chi connectivity index (χ3v) is 7.90. The molecule has 0 heterocycles. The van der Waals surface area contributed by atoms with Crippen molar-refractivity contribution in [3.05, 3.63) is 72.8 Å². The largest absolute Gasteiger partial charge is 0.399 e. The lowest BCUT2D eigenvalue weighted by Crippen LogP contribution is -2.25. The molecule has 0 radical (unpaired) electrons. The normalized spacial score (nSPS) is 12.0. The molecular formula is C18H17N2O4PS. The molecule has 0 atom stereocenters. The summed E-state index contributed by atoms with van der Waals surface area (Å²) in [5, 5.41) is 1.26. The second kappa shape index (κ2) is 6.61. The number of rotatable bonds is 4. The van der Waals surface area contributed by atoms with Crippen molar-refractivity contribution in [1.29, 1.82) is 0 Å². The van der Waals surface area contributed by atoms with E-state index >= 15 is 0 Å². The van der Waals surface area contributed by atoms with Crippen LogP contribution in [0, 0.1) is 0 Å². The smallest absolute Gasteiger partial charge is 0.294 e. The third kappa shape index (κ3) is 3.37. The third-order valence-electron chi connectivity index (χ3n) is 3.99. The summed E-state index contributed by atoms with van der Waals surface area (Å²) in [7, 11) is -7.82. The Balaban J connectivity index is 2.30. The molecule has 8 heteroatoms. The fraction of sp³-hybridized carbons (Fsp3) is 0. The number of hydrogen-bond donors (Lipinski definition) is 3. The van der Waals surface area contributed by atoms with Gasteiger partial charge >= 0.3 is 0 Å². The van der Waals surface area contributed by atoms with Crippen LogP contribution in [0.15, 0.2) is 77.7 Å². The van der Waals surface area contributed by atoms with Crippen molar-refractivity contribution < 1.29 is 17.5 Å². The van der Waals surface area contributed by atoms with Gasteiger partial charge in [-0.05, 0) is 60.7 Å². The lowest BCUT2D eigenvalue weighted by Gasteiger charge is -2.20. The van der Waals surface area contributed by atoms with E-state index < -0.39 is 17.3 Å². The zero-order valence-electron chi connectivity index (χ0n) is 13.6. The van der Waals surface area contributed by atoms with Gasteiger partial charge in [-0.15, -0.1) is 0 Å². The zero-order chi connectivity index (χ0) is 18.9. The van der Waals surface area contributed by atoms with Crippen molar-refractivity contribution in [2.75, 3.05) is 11.5 Å². The highest BCUT2D eigenvalue weighted by molar-refractivity contribution is 7.86. The molecule has 26 heavy (non-hydrogen) atoms. The second-order valence-electron chi connectivity index (χ2n) is 5.76. The summed E-state index contributed by atoms with van der Waals surface area (Å²) in [5.74, 6) is 0. The lowest BCUT2D eigenvalue weighted by molar-refractivity contribution is 0.483. The maximum absolute atomic E-state index is 14.2. The van der Waals surface area contributed by atoms with Gasteiger partial charge in [0, 0.05) is 27.3 Å². The average Bonchev–Trinajstić information content (AvgIpc) is 2.62. The Hall–Kier alpha value is -2.60. The number of benzene rings is 3. The summed E-state index contributed by atoms with van der Waals surface area (Å²) in [6.45, 7) is 0. The molecule has 0 unspecified atom stereocenters. The Morgan fingerprint density at radius 2 is 1.19 bits per heavy atom. The second-order valence-corrected chi connectivity index (χ2v) is 9.95. The van der Waals surface area contributed by atoms with Crippen molar-refractivity contribution in [3.63, 3.8) is 0 Å². The van der Waals surface area contributed by atoms with Gasteiger partial charge in [-0.3, -0.25) is 4.55 Å². The van der Waals surface area contributed by atoms with E-state index in [4.69, 9.17) is 11.5 Å². The Morgan fingerprint density at radius 1 is 0.731 bits per heavy atom. The Morgan fingerprint density at radius 3 is 1.62 bits per heavy atom. The van der Waals surface area contributed by atoms with Gasteiger partial charge in [0.15, 0.2) is 7.14 Å². The van der Waals surface area contributed by atoms with Crippen LogP contribution in [-0.4, -0.2) is 13.0 Å². The number of anilines is 2. The van der Waals surface area contributed by atoms with E-state index in [1.165, 1.54) is 18.2 Å². The molecule has 5 N–H and O–H groups in total. The van der Waals surface area contributed by atoms with E-state index in [1.807, 2.05) is 0 Å². The minimum Gasteiger partial charge on any atom is -0.399 e. The van der Waals surface area contributed by atoms with Gasteiger partial charge in [-0.2, -0.15) is 8.42 Å². The van der Waals surface area contributed by atoms with Crippen molar-refractivity contribution in [3.8, 4) is 0 Å². The van der Waals surface area contributed by atoms with E-state index in [0.29, 0.717) is 22.0 Å². The first kappa shape index (κ1) is 18.2. The molecule has 0 aliphatic carbocycles. The molecule has 0 aromatic heterocycles. The zero-order valence-corrected chi connectivity index (χ0v) is 15.3. The van der Waals surface area contributed by atoms with E-state index in [0.717, 1.165) is 0 Å². The van der Waals surface area contributed by atoms with Gasteiger partial charge in [0.25, 0.3) is 10.1 Å². The van der Waals surface area contributed by atoms with E-state index in [1.54, 1.807) is 54.6 Å². The van der Waals surface area contributed by atoms with Crippen LogP contribution in [0.2, 0.25) is 0 Å². The SMILES string of the molecule is Nc1ccc(P(=O)(c2ccc(N)cc2)c2cccc(S(=O)(=O)O)c2)cc1. The molecule has 0 saturated carbocycles. The first-order valence-corrected chi connectivity index (χ1v) is 10.8. The van der Waals surface area contributed by atoms with Crippen LogP contribution in [0.5, 0.6) is 0 Å². The molecule has 3 rings (SSSR count). The summed E-state index contributed by atoms with van der Waals surface area (Å²) in [5.41, 5.74) is 12.5. The highest BCUT2D eigenvalue weighted by Gasteiger charge is 2.30. The van der Waals surface area contributed by atoms with Crippen molar-refractivity contribution in [2.24, 2.45) is 0 Å². The van der Waals surface area contributed by atoms with Crippen LogP contribution in [0.3, 0.4) is 0 Å². The molecule has 6 nitrogen and oxygen atoms in total. The molecule has 0 spiro atoms. The predicted octanol–water partition coefficient (Wildman–Crippen LogP) is 1.74. The van der Waals surface area contributed by atoms with Gasteiger partial charge in [-0.25, -0.2) is 0 Å². The van der Waals surface area contributed by atoms with E-state index in [-0.39, 0.29) is 10.2 Å². The predicted molar refractivity (Wildman–Crippen MR) is 104 cm³/mol. The highest BCUT2D eigenvalue weighted by atomic mass is 32.2. The molecule has 0 aliphatic heterocycles. The summed E-state index contributed by atoms with van der Waals surface area (Å²) in [4.78, 5) is -0.318. The molecular weight excluding hydrogens is 371 g/mol. The Bertz CT molecular complexity index is 1050. The molecule has 0 fully saturated rings. The first-order valence-electron chi connectivity index (χ1n) is 7.61. The summed E-state index contributed by atoms with van der Waals surface area (Å²) < 4.78 is 46.5. The van der Waals surface area contributed by atoms with E-state index in [9.17, 15) is 17.5 Å². The standard InChI is InChI=1S/C18H17N2O4PS/c19-13-4-8-15(9-5-13)25(21,16-10-6-14(20)7-11-16)17-2-1-3-18(12-17)26(22,23)24/h1-12H,19-20H2,(H,22,23,24). The van der Waals surface area contributed by atoms with Gasteiger partial charge in [0.1, 0.15) is 0 Å². The monoisotopic (exact) mass is 388 g/mol. The molecule has 0 amide bonds. The van der Waals surface area contributed by atoms with Crippen molar-refractivity contribution in [2.45, 2.75) is 4.90 Å². The first-order chi connectivity index (χ1) is 12.2. The minimum atomic E-state index is -4.42. The van der Waals surface area contributed by atoms with Crippen LogP contribution in [0.25, 0.3) is 0 Å². The van der Waals surface area contributed by atoms with Crippen molar-refractivity contribution >= 4 is 44.5 Å². The molecule has 0 aliphatic rings. The molecule has 3 aromatic carbocycles. The molecule has 3 aromatic rings. The van der Waals surface area contributed by atoms with Crippen molar-refractivity contribution in [1.82, 2.24) is 0 Å².